The predicted molar refractivity (Wildman–Crippen MR) is 108 cm³/mol. The molecule has 1 aromatic heterocycles. The standard InChI is InChI=1S/C22H23FN4O2/c1-15(16-7-9-19(23)10-8-16)24-20(28)17-11-13-27(14-12-17)22-26-25-21(29-22)18-5-3-2-4-6-18/h2-10,15,17H,11-14H2,1H3,(H,24,28). The quantitative estimate of drug-likeness (QED) is 0.709. The summed E-state index contributed by atoms with van der Waals surface area (Å²) in [7, 11) is 0. The van der Waals surface area contributed by atoms with Crippen LogP contribution in [-0.2, 0) is 4.79 Å². The van der Waals surface area contributed by atoms with Crippen molar-refractivity contribution in [1.82, 2.24) is 15.5 Å². The van der Waals surface area contributed by atoms with Gasteiger partial charge in [-0.25, -0.2) is 4.39 Å². The van der Waals surface area contributed by atoms with E-state index in [-0.39, 0.29) is 23.7 Å². The van der Waals surface area contributed by atoms with Crippen LogP contribution in [0, 0.1) is 11.7 Å². The van der Waals surface area contributed by atoms with Gasteiger partial charge >= 0.3 is 6.01 Å². The Kier molecular flexibility index (Phi) is 5.55. The number of hydrogen-bond donors (Lipinski definition) is 1. The maximum Gasteiger partial charge on any atom is 0.318 e. The molecule has 1 aliphatic heterocycles. The predicted octanol–water partition coefficient (Wildman–Crippen LogP) is 3.97. The molecule has 2 heterocycles. The number of amides is 1. The minimum absolute atomic E-state index is 0.0250. The summed E-state index contributed by atoms with van der Waals surface area (Å²) in [5, 5.41) is 11.3. The molecule has 1 aliphatic rings. The van der Waals surface area contributed by atoms with Crippen molar-refractivity contribution >= 4 is 11.9 Å². The van der Waals surface area contributed by atoms with Crippen molar-refractivity contribution in [3.05, 3.63) is 66.0 Å². The first-order chi connectivity index (χ1) is 14.1. The zero-order valence-corrected chi connectivity index (χ0v) is 16.2. The van der Waals surface area contributed by atoms with Crippen LogP contribution in [0.2, 0.25) is 0 Å². The van der Waals surface area contributed by atoms with Crippen LogP contribution in [0.4, 0.5) is 10.4 Å². The van der Waals surface area contributed by atoms with Crippen LogP contribution in [0.5, 0.6) is 0 Å². The zero-order chi connectivity index (χ0) is 20.2. The van der Waals surface area contributed by atoms with Crippen molar-refractivity contribution in [2.75, 3.05) is 18.0 Å². The lowest BCUT2D eigenvalue weighted by Crippen LogP contribution is -2.41. The molecule has 6 nitrogen and oxygen atoms in total. The van der Waals surface area contributed by atoms with Crippen LogP contribution in [0.1, 0.15) is 31.4 Å². The lowest BCUT2D eigenvalue weighted by molar-refractivity contribution is -0.126. The van der Waals surface area contributed by atoms with E-state index in [1.54, 1.807) is 12.1 Å². The van der Waals surface area contributed by atoms with Gasteiger partial charge in [0.05, 0.1) is 6.04 Å². The lowest BCUT2D eigenvalue weighted by atomic mass is 9.95. The lowest BCUT2D eigenvalue weighted by Gasteiger charge is -2.30. The van der Waals surface area contributed by atoms with Gasteiger partial charge in [-0.1, -0.05) is 35.4 Å². The second-order valence-electron chi connectivity index (χ2n) is 7.30. The summed E-state index contributed by atoms with van der Waals surface area (Å²) in [4.78, 5) is 14.6. The van der Waals surface area contributed by atoms with Gasteiger partial charge in [0, 0.05) is 24.6 Å². The first-order valence-corrected chi connectivity index (χ1v) is 9.80. The third kappa shape index (κ3) is 4.45. The number of carbonyl (C=O) groups excluding carboxylic acids is 1. The molecule has 29 heavy (non-hydrogen) atoms. The molecule has 7 heteroatoms. The van der Waals surface area contributed by atoms with Crippen molar-refractivity contribution in [1.29, 1.82) is 0 Å². The van der Waals surface area contributed by atoms with Gasteiger partial charge in [0.25, 0.3) is 0 Å². The molecule has 1 amide bonds. The van der Waals surface area contributed by atoms with Gasteiger partial charge in [-0.3, -0.25) is 4.79 Å². The molecule has 3 aromatic rings. The average molecular weight is 394 g/mol. The van der Waals surface area contributed by atoms with Crippen molar-refractivity contribution in [2.24, 2.45) is 5.92 Å². The summed E-state index contributed by atoms with van der Waals surface area (Å²) >= 11 is 0. The van der Waals surface area contributed by atoms with Gasteiger partial charge in [0.1, 0.15) is 5.82 Å². The molecule has 2 aromatic carbocycles. The number of benzene rings is 2. The Morgan fingerprint density at radius 2 is 1.79 bits per heavy atom. The molecule has 0 spiro atoms. The number of nitrogens with one attached hydrogen (secondary N) is 1. The fourth-order valence-electron chi connectivity index (χ4n) is 3.54. The molecule has 0 saturated carbocycles. The number of piperidine rings is 1. The Labute approximate surface area is 168 Å². The first-order valence-electron chi connectivity index (χ1n) is 9.80. The Morgan fingerprint density at radius 3 is 2.48 bits per heavy atom. The van der Waals surface area contributed by atoms with Gasteiger partial charge < -0.3 is 14.6 Å². The molecule has 0 aliphatic carbocycles. The fraction of sp³-hybridized carbons (Fsp3) is 0.318. The highest BCUT2D eigenvalue weighted by Gasteiger charge is 2.28. The van der Waals surface area contributed by atoms with Gasteiger partial charge in [-0.2, -0.15) is 0 Å². The summed E-state index contributed by atoms with van der Waals surface area (Å²) < 4.78 is 18.9. The van der Waals surface area contributed by atoms with E-state index in [4.69, 9.17) is 4.42 Å². The number of rotatable bonds is 5. The van der Waals surface area contributed by atoms with Crippen LogP contribution in [-0.4, -0.2) is 29.2 Å². The Balaban J connectivity index is 1.31. The van der Waals surface area contributed by atoms with Crippen molar-refractivity contribution in [3.63, 3.8) is 0 Å². The van der Waals surface area contributed by atoms with Crippen LogP contribution < -0.4 is 10.2 Å². The largest absolute Gasteiger partial charge is 0.403 e. The van der Waals surface area contributed by atoms with E-state index in [0.717, 1.165) is 11.1 Å². The first kappa shape index (κ1) is 19.1. The van der Waals surface area contributed by atoms with Gasteiger partial charge in [0.15, 0.2) is 0 Å². The van der Waals surface area contributed by atoms with E-state index in [0.29, 0.717) is 37.8 Å². The third-order valence-electron chi connectivity index (χ3n) is 5.30. The van der Waals surface area contributed by atoms with E-state index in [2.05, 4.69) is 15.5 Å². The van der Waals surface area contributed by atoms with E-state index in [1.165, 1.54) is 12.1 Å². The molecule has 1 saturated heterocycles. The summed E-state index contributed by atoms with van der Waals surface area (Å²) in [5.74, 6) is 0.173. The monoisotopic (exact) mass is 394 g/mol. The second-order valence-corrected chi connectivity index (χ2v) is 7.30. The topological polar surface area (TPSA) is 71.3 Å². The SMILES string of the molecule is CC(NC(=O)C1CCN(c2nnc(-c3ccccc3)o2)CC1)c1ccc(F)cc1. The van der Waals surface area contributed by atoms with E-state index >= 15 is 0 Å². The highest BCUT2D eigenvalue weighted by molar-refractivity contribution is 5.79. The highest BCUT2D eigenvalue weighted by atomic mass is 19.1. The Bertz CT molecular complexity index is 950. The molecule has 4 rings (SSSR count). The smallest absolute Gasteiger partial charge is 0.318 e. The maximum absolute atomic E-state index is 13.1. The van der Waals surface area contributed by atoms with Crippen molar-refractivity contribution in [3.8, 4) is 11.5 Å². The summed E-state index contributed by atoms with van der Waals surface area (Å²) in [6, 6.07) is 16.2. The van der Waals surface area contributed by atoms with Crippen LogP contribution >= 0.6 is 0 Å². The van der Waals surface area contributed by atoms with Crippen LogP contribution in [0.3, 0.4) is 0 Å². The zero-order valence-electron chi connectivity index (χ0n) is 16.2. The molecule has 1 unspecified atom stereocenters. The Morgan fingerprint density at radius 1 is 1.10 bits per heavy atom. The fourth-order valence-corrected chi connectivity index (χ4v) is 3.54. The molecule has 1 atom stereocenters. The molecular formula is C22H23FN4O2. The number of carbonyl (C=O) groups is 1. The summed E-state index contributed by atoms with van der Waals surface area (Å²) in [6.07, 6.45) is 1.43. The summed E-state index contributed by atoms with van der Waals surface area (Å²) in [6.45, 7) is 3.27. The molecule has 150 valence electrons. The number of halogens is 1. The second kappa shape index (κ2) is 8.43. The van der Waals surface area contributed by atoms with E-state index in [9.17, 15) is 9.18 Å². The minimum Gasteiger partial charge on any atom is -0.403 e. The maximum atomic E-state index is 13.1. The highest BCUT2D eigenvalue weighted by Crippen LogP contribution is 2.26. The number of nitrogens with zero attached hydrogens (tertiary/aromatic N) is 3. The molecule has 1 fully saturated rings. The van der Waals surface area contributed by atoms with Crippen molar-refractivity contribution < 1.29 is 13.6 Å². The number of hydrogen-bond acceptors (Lipinski definition) is 5. The molecule has 0 bridgehead atoms. The third-order valence-corrected chi connectivity index (χ3v) is 5.30. The minimum atomic E-state index is -0.281. The van der Waals surface area contributed by atoms with Gasteiger partial charge in [-0.05, 0) is 49.6 Å². The normalized spacial score (nSPS) is 15.9. The van der Waals surface area contributed by atoms with Gasteiger partial charge in [-0.15, -0.1) is 5.10 Å². The van der Waals surface area contributed by atoms with Crippen LogP contribution in [0.25, 0.3) is 11.5 Å². The van der Waals surface area contributed by atoms with Crippen molar-refractivity contribution in [2.45, 2.75) is 25.8 Å². The van der Waals surface area contributed by atoms with Crippen LogP contribution in [0.15, 0.2) is 59.0 Å². The Hall–Kier alpha value is -3.22. The number of aromatic nitrogens is 2. The summed E-state index contributed by atoms with van der Waals surface area (Å²) in [5.41, 5.74) is 1.77. The number of anilines is 1. The van der Waals surface area contributed by atoms with Gasteiger partial charge in [0.2, 0.25) is 11.8 Å². The van der Waals surface area contributed by atoms with E-state index in [1.807, 2.05) is 42.2 Å². The molecule has 1 N–H and O–H groups in total. The van der Waals surface area contributed by atoms with E-state index < -0.39 is 0 Å². The molecular weight excluding hydrogens is 371 g/mol. The average Bonchev–Trinajstić information content (AvgIpc) is 3.25. The molecule has 0 radical (unpaired) electrons.